The van der Waals surface area contributed by atoms with Crippen LogP contribution >= 0.6 is 15.9 Å². The highest BCUT2D eigenvalue weighted by molar-refractivity contribution is 9.10. The van der Waals surface area contributed by atoms with E-state index in [0.717, 1.165) is 12.1 Å². The standard InChI is InChI=1S/C12H16BrF2NOS/c1-7(16-18(17)12(2,3)4)8-5-11(15)9(13)6-10(8)14/h5-7,16H,1-4H3/t7-,18?/m0/s1. The molecule has 0 aliphatic carbocycles. The zero-order valence-electron chi connectivity index (χ0n) is 10.7. The van der Waals surface area contributed by atoms with E-state index >= 15 is 0 Å². The molecule has 0 saturated heterocycles. The molecule has 1 aromatic carbocycles. The largest absolute Gasteiger partial charge is 0.598 e. The van der Waals surface area contributed by atoms with Crippen LogP contribution in [0.3, 0.4) is 0 Å². The summed E-state index contributed by atoms with van der Waals surface area (Å²) in [6, 6.07) is 1.65. The van der Waals surface area contributed by atoms with E-state index in [2.05, 4.69) is 20.7 Å². The van der Waals surface area contributed by atoms with Crippen molar-refractivity contribution in [2.45, 2.75) is 38.5 Å². The molecule has 1 N–H and O–H groups in total. The molecule has 0 bridgehead atoms. The predicted octanol–water partition coefficient (Wildman–Crippen LogP) is 3.84. The zero-order chi connectivity index (χ0) is 14.1. The van der Waals surface area contributed by atoms with Crippen molar-refractivity contribution >= 4 is 27.3 Å². The highest BCUT2D eigenvalue weighted by atomic mass is 79.9. The minimum Gasteiger partial charge on any atom is -0.598 e. The number of hydrogen-bond acceptors (Lipinski definition) is 2. The Morgan fingerprint density at radius 1 is 1.28 bits per heavy atom. The molecule has 0 amide bonds. The van der Waals surface area contributed by atoms with E-state index in [1.807, 2.05) is 0 Å². The SMILES string of the molecule is C[C@H](N[S+]([O-])C(C)(C)C)c1cc(F)c(Br)cc1F. The summed E-state index contributed by atoms with van der Waals surface area (Å²) in [5, 5.41) is 0. The maximum Gasteiger partial charge on any atom is 0.137 e. The molecule has 0 aliphatic rings. The molecule has 0 spiro atoms. The maximum atomic E-state index is 13.7. The van der Waals surface area contributed by atoms with Crippen molar-refractivity contribution in [1.82, 2.24) is 4.72 Å². The van der Waals surface area contributed by atoms with E-state index in [4.69, 9.17) is 0 Å². The van der Waals surface area contributed by atoms with Crippen molar-refractivity contribution < 1.29 is 13.3 Å². The van der Waals surface area contributed by atoms with Crippen LogP contribution in [0.25, 0.3) is 0 Å². The Bertz CT molecular complexity index is 437. The maximum absolute atomic E-state index is 13.7. The third-order valence-corrected chi connectivity index (χ3v) is 4.63. The Morgan fingerprint density at radius 2 is 1.83 bits per heavy atom. The molecule has 18 heavy (non-hydrogen) atoms. The van der Waals surface area contributed by atoms with Crippen LogP contribution in [0.5, 0.6) is 0 Å². The van der Waals surface area contributed by atoms with Crippen LogP contribution in [0.2, 0.25) is 0 Å². The molecule has 1 aromatic rings. The van der Waals surface area contributed by atoms with Gasteiger partial charge in [-0.2, -0.15) is 0 Å². The first kappa shape index (κ1) is 15.9. The first-order valence-corrected chi connectivity index (χ1v) is 7.39. The summed E-state index contributed by atoms with van der Waals surface area (Å²) in [4.78, 5) is 0. The van der Waals surface area contributed by atoms with Gasteiger partial charge in [0.15, 0.2) is 0 Å². The third-order valence-electron chi connectivity index (χ3n) is 2.35. The van der Waals surface area contributed by atoms with Crippen molar-refractivity contribution in [3.05, 3.63) is 33.8 Å². The molecular formula is C12H16BrF2NOS. The summed E-state index contributed by atoms with van der Waals surface area (Å²) in [7, 11) is 0. The summed E-state index contributed by atoms with van der Waals surface area (Å²) < 4.78 is 41.3. The van der Waals surface area contributed by atoms with Gasteiger partial charge < -0.3 is 4.55 Å². The van der Waals surface area contributed by atoms with Crippen LogP contribution < -0.4 is 4.72 Å². The molecule has 0 fully saturated rings. The average molecular weight is 340 g/mol. The highest BCUT2D eigenvalue weighted by Crippen LogP contribution is 2.26. The van der Waals surface area contributed by atoms with Gasteiger partial charge in [-0.25, -0.2) is 8.78 Å². The first-order valence-electron chi connectivity index (χ1n) is 5.45. The van der Waals surface area contributed by atoms with E-state index in [1.165, 1.54) is 0 Å². The normalized spacial score (nSPS) is 15.6. The lowest BCUT2D eigenvalue weighted by Crippen LogP contribution is -2.40. The summed E-state index contributed by atoms with van der Waals surface area (Å²) in [5.41, 5.74) is 0.160. The Morgan fingerprint density at radius 3 is 2.33 bits per heavy atom. The second-order valence-corrected chi connectivity index (χ2v) is 7.86. The van der Waals surface area contributed by atoms with Crippen molar-refractivity contribution in [2.24, 2.45) is 0 Å². The number of nitrogens with one attached hydrogen (secondary N) is 1. The minimum absolute atomic E-state index is 0.0768. The van der Waals surface area contributed by atoms with Crippen LogP contribution in [-0.4, -0.2) is 9.30 Å². The molecule has 0 heterocycles. The zero-order valence-corrected chi connectivity index (χ0v) is 13.1. The molecule has 0 radical (unpaired) electrons. The third kappa shape index (κ3) is 3.91. The van der Waals surface area contributed by atoms with Gasteiger partial charge in [0.2, 0.25) is 0 Å². The van der Waals surface area contributed by atoms with Crippen molar-refractivity contribution in [3.63, 3.8) is 0 Å². The molecule has 2 atom stereocenters. The van der Waals surface area contributed by atoms with Crippen molar-refractivity contribution in [2.75, 3.05) is 0 Å². The first-order chi connectivity index (χ1) is 8.12. The summed E-state index contributed by atoms with van der Waals surface area (Å²) in [5.74, 6) is -1.07. The molecule has 1 rings (SSSR count). The second kappa shape index (κ2) is 5.86. The fourth-order valence-electron chi connectivity index (χ4n) is 1.27. The van der Waals surface area contributed by atoms with Gasteiger partial charge in [-0.05, 0) is 55.8 Å². The van der Waals surface area contributed by atoms with Crippen LogP contribution in [0, 0.1) is 11.6 Å². The van der Waals surface area contributed by atoms with E-state index in [-0.39, 0.29) is 10.0 Å². The minimum atomic E-state index is -1.34. The van der Waals surface area contributed by atoms with Crippen LogP contribution in [0.15, 0.2) is 16.6 Å². The van der Waals surface area contributed by atoms with Gasteiger partial charge in [0, 0.05) is 16.9 Å². The monoisotopic (exact) mass is 339 g/mol. The molecule has 102 valence electrons. The lowest BCUT2D eigenvalue weighted by molar-refractivity contribution is 0.518. The topological polar surface area (TPSA) is 35.1 Å². The molecule has 0 aliphatic heterocycles. The summed E-state index contributed by atoms with van der Waals surface area (Å²) >= 11 is 1.58. The van der Waals surface area contributed by atoms with E-state index < -0.39 is 33.8 Å². The van der Waals surface area contributed by atoms with E-state index in [9.17, 15) is 13.3 Å². The molecule has 0 saturated carbocycles. The van der Waals surface area contributed by atoms with Gasteiger partial charge in [-0.15, -0.1) is 4.72 Å². The molecule has 6 heteroatoms. The fraction of sp³-hybridized carbons (Fsp3) is 0.500. The predicted molar refractivity (Wildman–Crippen MR) is 73.5 cm³/mol. The molecule has 0 aromatic heterocycles. The quantitative estimate of drug-likeness (QED) is 0.670. The lowest BCUT2D eigenvalue weighted by atomic mass is 10.1. The smallest absolute Gasteiger partial charge is 0.137 e. The Kier molecular flexibility index (Phi) is 5.17. The van der Waals surface area contributed by atoms with Gasteiger partial charge in [0.25, 0.3) is 0 Å². The van der Waals surface area contributed by atoms with E-state index in [0.29, 0.717) is 0 Å². The van der Waals surface area contributed by atoms with Gasteiger partial charge >= 0.3 is 0 Å². The second-order valence-electron chi connectivity index (χ2n) is 5.01. The summed E-state index contributed by atoms with van der Waals surface area (Å²) in [6.07, 6.45) is 0. The van der Waals surface area contributed by atoms with Gasteiger partial charge in [-0.3, -0.25) is 0 Å². The van der Waals surface area contributed by atoms with Crippen molar-refractivity contribution in [1.29, 1.82) is 0 Å². The molecule has 2 nitrogen and oxygen atoms in total. The Hall–Kier alpha value is -0.170. The number of hydrogen-bond donors (Lipinski definition) is 1. The fourth-order valence-corrected chi connectivity index (χ4v) is 2.39. The van der Waals surface area contributed by atoms with Crippen LogP contribution in [0.1, 0.15) is 39.3 Å². The lowest BCUT2D eigenvalue weighted by Gasteiger charge is -2.26. The average Bonchev–Trinajstić information content (AvgIpc) is 2.21. The van der Waals surface area contributed by atoms with Gasteiger partial charge in [0.1, 0.15) is 16.4 Å². The molecule has 1 unspecified atom stereocenters. The van der Waals surface area contributed by atoms with Crippen LogP contribution in [0.4, 0.5) is 8.78 Å². The van der Waals surface area contributed by atoms with E-state index in [1.54, 1.807) is 27.7 Å². The Labute approximate surface area is 118 Å². The summed E-state index contributed by atoms with van der Waals surface area (Å²) in [6.45, 7) is 7.07. The number of halogens is 3. The number of benzene rings is 1. The Balaban J connectivity index is 2.91. The van der Waals surface area contributed by atoms with Crippen LogP contribution in [-0.2, 0) is 11.4 Å². The van der Waals surface area contributed by atoms with Gasteiger partial charge in [0.05, 0.1) is 10.5 Å². The molecular weight excluding hydrogens is 324 g/mol. The van der Waals surface area contributed by atoms with Crippen molar-refractivity contribution in [3.8, 4) is 0 Å². The highest BCUT2D eigenvalue weighted by Gasteiger charge is 2.29. The number of rotatable bonds is 3. The van der Waals surface area contributed by atoms with Gasteiger partial charge in [-0.1, -0.05) is 0 Å².